The summed E-state index contributed by atoms with van der Waals surface area (Å²) >= 11 is 0. The highest BCUT2D eigenvalue weighted by Gasteiger charge is 2.08. The minimum absolute atomic E-state index is 0.0977. The van der Waals surface area contributed by atoms with E-state index in [1.165, 1.54) is 0 Å². The number of esters is 1. The molecule has 64 valence electrons. The monoisotopic (exact) mass is 165 g/mol. The third-order valence-electron chi connectivity index (χ3n) is 1.22. The lowest BCUT2D eigenvalue weighted by Crippen LogP contribution is -2.12. The van der Waals surface area contributed by atoms with Crippen LogP contribution in [0.5, 0.6) is 0 Å². The highest BCUT2D eigenvalue weighted by Crippen LogP contribution is 1.99. The van der Waals surface area contributed by atoms with E-state index in [1.807, 2.05) is 0 Å². The van der Waals surface area contributed by atoms with Crippen LogP contribution < -0.4 is 0 Å². The Morgan fingerprint density at radius 1 is 1.50 bits per heavy atom. The number of pyridine rings is 1. The molecule has 1 rings (SSSR count). The van der Waals surface area contributed by atoms with E-state index in [9.17, 15) is 4.79 Å². The third-order valence-corrected chi connectivity index (χ3v) is 1.22. The summed E-state index contributed by atoms with van der Waals surface area (Å²) in [6.07, 6.45) is 1.47. The van der Waals surface area contributed by atoms with E-state index in [0.717, 1.165) is 0 Å². The van der Waals surface area contributed by atoms with Gasteiger partial charge in [0.15, 0.2) is 0 Å². The number of carbonyl (C=O) groups is 1. The SMILES string of the molecule is CC(C)OC(=O)c1ccccn1. The molecule has 0 aromatic carbocycles. The predicted molar refractivity (Wildman–Crippen MR) is 44.8 cm³/mol. The second-order valence-electron chi connectivity index (χ2n) is 2.67. The maximum atomic E-state index is 11.2. The molecule has 0 fully saturated rings. The topological polar surface area (TPSA) is 39.2 Å². The molecule has 0 amide bonds. The van der Waals surface area contributed by atoms with E-state index in [4.69, 9.17) is 4.74 Å². The van der Waals surface area contributed by atoms with Crippen molar-refractivity contribution in [3.8, 4) is 0 Å². The number of hydrogen-bond acceptors (Lipinski definition) is 3. The molecule has 0 saturated heterocycles. The number of carbonyl (C=O) groups excluding carboxylic acids is 1. The van der Waals surface area contributed by atoms with Crippen molar-refractivity contribution < 1.29 is 9.53 Å². The molecule has 3 nitrogen and oxygen atoms in total. The molecule has 12 heavy (non-hydrogen) atoms. The zero-order chi connectivity index (χ0) is 8.97. The number of aromatic nitrogens is 1. The van der Waals surface area contributed by atoms with Gasteiger partial charge in [-0.15, -0.1) is 0 Å². The van der Waals surface area contributed by atoms with E-state index in [2.05, 4.69) is 4.98 Å². The molecule has 1 aromatic heterocycles. The van der Waals surface area contributed by atoms with Gasteiger partial charge in [-0.3, -0.25) is 0 Å². The van der Waals surface area contributed by atoms with Gasteiger partial charge in [0.1, 0.15) is 5.69 Å². The van der Waals surface area contributed by atoms with Crippen LogP contribution in [0.3, 0.4) is 0 Å². The van der Waals surface area contributed by atoms with Gasteiger partial charge in [-0.1, -0.05) is 6.07 Å². The first-order valence-corrected chi connectivity index (χ1v) is 3.82. The molecular weight excluding hydrogens is 154 g/mol. The lowest BCUT2D eigenvalue weighted by Gasteiger charge is -2.06. The maximum Gasteiger partial charge on any atom is 0.357 e. The molecule has 0 aliphatic rings. The fourth-order valence-electron chi connectivity index (χ4n) is 0.758. The van der Waals surface area contributed by atoms with Gasteiger partial charge in [0.25, 0.3) is 0 Å². The Bertz CT molecular complexity index is 256. The largest absolute Gasteiger partial charge is 0.458 e. The first-order valence-electron chi connectivity index (χ1n) is 3.82. The quantitative estimate of drug-likeness (QED) is 0.625. The van der Waals surface area contributed by atoms with Crippen LogP contribution in [-0.4, -0.2) is 17.1 Å². The van der Waals surface area contributed by atoms with Gasteiger partial charge in [0.2, 0.25) is 0 Å². The first kappa shape index (κ1) is 8.71. The van der Waals surface area contributed by atoms with Crippen LogP contribution in [0, 0.1) is 0 Å². The van der Waals surface area contributed by atoms with Crippen molar-refractivity contribution in [1.82, 2.24) is 4.98 Å². The van der Waals surface area contributed by atoms with E-state index in [1.54, 1.807) is 38.2 Å². The number of rotatable bonds is 2. The summed E-state index contributed by atoms with van der Waals surface area (Å²) in [4.78, 5) is 15.0. The van der Waals surface area contributed by atoms with Gasteiger partial charge >= 0.3 is 5.97 Å². The predicted octanol–water partition coefficient (Wildman–Crippen LogP) is 1.65. The van der Waals surface area contributed by atoms with Crippen molar-refractivity contribution in [2.75, 3.05) is 0 Å². The second-order valence-corrected chi connectivity index (χ2v) is 2.67. The van der Waals surface area contributed by atoms with Crippen molar-refractivity contribution in [3.63, 3.8) is 0 Å². The summed E-state index contributed by atoms with van der Waals surface area (Å²) in [6.45, 7) is 3.61. The zero-order valence-electron chi connectivity index (χ0n) is 7.15. The Balaban J connectivity index is 2.66. The molecule has 0 N–H and O–H groups in total. The van der Waals surface area contributed by atoms with Crippen molar-refractivity contribution in [1.29, 1.82) is 0 Å². The van der Waals surface area contributed by atoms with Crippen LogP contribution >= 0.6 is 0 Å². The molecule has 3 heteroatoms. The van der Waals surface area contributed by atoms with Crippen LogP contribution in [0.15, 0.2) is 24.4 Å². The smallest absolute Gasteiger partial charge is 0.357 e. The minimum Gasteiger partial charge on any atom is -0.458 e. The van der Waals surface area contributed by atoms with Gasteiger partial charge in [-0.25, -0.2) is 9.78 Å². The summed E-state index contributed by atoms with van der Waals surface area (Å²) in [5.41, 5.74) is 0.353. The molecule has 0 saturated carbocycles. The fraction of sp³-hybridized carbons (Fsp3) is 0.333. The summed E-state index contributed by atoms with van der Waals surface area (Å²) in [5.74, 6) is -0.370. The molecule has 0 spiro atoms. The van der Waals surface area contributed by atoms with E-state index < -0.39 is 0 Å². The Morgan fingerprint density at radius 3 is 2.75 bits per heavy atom. The highest BCUT2D eigenvalue weighted by molar-refractivity contribution is 5.87. The van der Waals surface area contributed by atoms with Crippen LogP contribution in [0.25, 0.3) is 0 Å². The Kier molecular flexibility index (Phi) is 2.80. The summed E-state index contributed by atoms with van der Waals surface area (Å²) in [6, 6.07) is 5.14. The molecule has 0 atom stereocenters. The molecule has 0 aliphatic heterocycles. The Morgan fingerprint density at radius 2 is 2.25 bits per heavy atom. The van der Waals surface area contributed by atoms with Gasteiger partial charge in [-0.05, 0) is 26.0 Å². The lowest BCUT2D eigenvalue weighted by molar-refractivity contribution is 0.0371. The highest BCUT2D eigenvalue weighted by atomic mass is 16.5. The minimum atomic E-state index is -0.370. The Labute approximate surface area is 71.4 Å². The molecule has 0 bridgehead atoms. The molecule has 1 aromatic rings. The molecule has 0 radical (unpaired) electrons. The molecule has 0 aliphatic carbocycles. The van der Waals surface area contributed by atoms with Crippen molar-refractivity contribution in [3.05, 3.63) is 30.1 Å². The number of ether oxygens (including phenoxy) is 1. The summed E-state index contributed by atoms with van der Waals surface area (Å²) in [7, 11) is 0. The normalized spacial score (nSPS) is 9.92. The van der Waals surface area contributed by atoms with Crippen LogP contribution in [0.4, 0.5) is 0 Å². The molecular formula is C9H11NO2. The van der Waals surface area contributed by atoms with Gasteiger partial charge in [0, 0.05) is 6.20 Å². The van der Waals surface area contributed by atoms with Gasteiger partial charge in [0.05, 0.1) is 6.10 Å². The van der Waals surface area contributed by atoms with Gasteiger partial charge in [-0.2, -0.15) is 0 Å². The van der Waals surface area contributed by atoms with Gasteiger partial charge < -0.3 is 4.74 Å². The zero-order valence-corrected chi connectivity index (χ0v) is 7.15. The lowest BCUT2D eigenvalue weighted by atomic mass is 10.3. The van der Waals surface area contributed by atoms with E-state index in [-0.39, 0.29) is 12.1 Å². The summed E-state index contributed by atoms with van der Waals surface area (Å²) < 4.78 is 4.93. The second kappa shape index (κ2) is 3.85. The average Bonchev–Trinajstić information content (AvgIpc) is 2.05. The van der Waals surface area contributed by atoms with Crippen molar-refractivity contribution in [2.24, 2.45) is 0 Å². The van der Waals surface area contributed by atoms with Crippen LogP contribution in [-0.2, 0) is 4.74 Å². The molecule has 0 unspecified atom stereocenters. The van der Waals surface area contributed by atoms with Crippen molar-refractivity contribution >= 4 is 5.97 Å². The number of hydrogen-bond donors (Lipinski definition) is 0. The first-order chi connectivity index (χ1) is 5.70. The van der Waals surface area contributed by atoms with Crippen molar-refractivity contribution in [2.45, 2.75) is 20.0 Å². The fourth-order valence-corrected chi connectivity index (χ4v) is 0.758. The number of nitrogens with zero attached hydrogens (tertiary/aromatic N) is 1. The van der Waals surface area contributed by atoms with Crippen LogP contribution in [0.2, 0.25) is 0 Å². The Hall–Kier alpha value is -1.38. The standard InChI is InChI=1S/C9H11NO2/c1-7(2)12-9(11)8-5-3-4-6-10-8/h3-7H,1-2H3. The van der Waals surface area contributed by atoms with E-state index in [0.29, 0.717) is 5.69 Å². The molecule has 1 heterocycles. The third kappa shape index (κ3) is 2.34. The average molecular weight is 165 g/mol. The van der Waals surface area contributed by atoms with E-state index >= 15 is 0 Å². The van der Waals surface area contributed by atoms with Crippen LogP contribution in [0.1, 0.15) is 24.3 Å². The summed E-state index contributed by atoms with van der Waals surface area (Å²) in [5, 5.41) is 0. The maximum absolute atomic E-state index is 11.2.